The van der Waals surface area contributed by atoms with E-state index in [4.69, 9.17) is 5.73 Å². The van der Waals surface area contributed by atoms with Crippen LogP contribution in [-0.2, 0) is 11.2 Å². The Bertz CT molecular complexity index is 648. The minimum Gasteiger partial charge on any atom is -0.375 e. The van der Waals surface area contributed by atoms with Crippen molar-refractivity contribution in [1.29, 1.82) is 0 Å². The first kappa shape index (κ1) is 13.6. The number of amides is 1. The molecule has 2 aromatic heterocycles. The number of nitrogens with two attached hydrogens (primary N) is 1. The number of nitrogens with zero attached hydrogens (tertiary/aromatic N) is 2. The summed E-state index contributed by atoms with van der Waals surface area (Å²) >= 11 is 4.53. The highest BCUT2D eigenvalue weighted by atomic mass is 32.2. The molecule has 0 unspecified atom stereocenters. The van der Waals surface area contributed by atoms with Gasteiger partial charge in [0.2, 0.25) is 5.91 Å². The molecule has 1 aliphatic rings. The lowest BCUT2D eigenvalue weighted by atomic mass is 10.2. The number of carbonyl (C=O) groups is 1. The number of thiazole rings is 1. The predicted molar refractivity (Wildman–Crippen MR) is 86.4 cm³/mol. The number of nitrogens with one attached hydrogen (secondary N) is 1. The zero-order valence-electron chi connectivity index (χ0n) is 10.5. The highest BCUT2D eigenvalue weighted by Gasteiger charge is 2.17. The number of thioether (sulfide) groups is 1. The van der Waals surface area contributed by atoms with Crippen molar-refractivity contribution in [3.8, 4) is 10.6 Å². The molecular formula is C12H12N4OS3. The third kappa shape index (κ3) is 3.02. The Morgan fingerprint density at radius 3 is 3.10 bits per heavy atom. The molecular weight excluding hydrogens is 312 g/mol. The summed E-state index contributed by atoms with van der Waals surface area (Å²) in [4.78, 5) is 22.5. The van der Waals surface area contributed by atoms with Crippen LogP contribution in [0.5, 0.6) is 0 Å². The van der Waals surface area contributed by atoms with Gasteiger partial charge >= 0.3 is 0 Å². The second-order valence-electron chi connectivity index (χ2n) is 4.06. The molecule has 0 radical (unpaired) electrons. The quantitative estimate of drug-likeness (QED) is 0.907. The molecule has 0 atom stereocenters. The maximum atomic E-state index is 12.0. The summed E-state index contributed by atoms with van der Waals surface area (Å²) < 4.78 is 0. The van der Waals surface area contributed by atoms with E-state index < -0.39 is 0 Å². The van der Waals surface area contributed by atoms with E-state index >= 15 is 0 Å². The van der Waals surface area contributed by atoms with Gasteiger partial charge in [0.05, 0.1) is 23.5 Å². The van der Waals surface area contributed by atoms with Crippen LogP contribution in [0.4, 0.5) is 5.13 Å². The highest BCUT2D eigenvalue weighted by molar-refractivity contribution is 8.14. The summed E-state index contributed by atoms with van der Waals surface area (Å²) in [5.74, 6) is 0.864. The number of rotatable bonds is 3. The second-order valence-corrected chi connectivity index (χ2v) is 7.21. The number of carbonyl (C=O) groups excluding carboxylic acids is 1. The number of nitrogen functional groups attached to an aromatic ring is 1. The summed E-state index contributed by atoms with van der Waals surface area (Å²) in [5.41, 5.74) is 6.60. The molecule has 0 aliphatic carbocycles. The lowest BCUT2D eigenvalue weighted by Gasteiger charge is -2.03. The van der Waals surface area contributed by atoms with Gasteiger partial charge in [-0.15, -0.1) is 22.7 Å². The monoisotopic (exact) mass is 324 g/mol. The number of aliphatic imine (C=N–C) groups is 1. The van der Waals surface area contributed by atoms with Crippen LogP contribution in [0.15, 0.2) is 22.5 Å². The first-order valence-corrected chi connectivity index (χ1v) is 8.66. The van der Waals surface area contributed by atoms with Crippen LogP contribution in [0.1, 0.15) is 4.88 Å². The lowest BCUT2D eigenvalue weighted by Crippen LogP contribution is -2.28. The van der Waals surface area contributed by atoms with Crippen molar-refractivity contribution in [3.63, 3.8) is 0 Å². The van der Waals surface area contributed by atoms with Crippen LogP contribution in [0.3, 0.4) is 0 Å². The molecule has 0 saturated heterocycles. The average Bonchev–Trinajstić information content (AvgIpc) is 3.10. The van der Waals surface area contributed by atoms with Crippen molar-refractivity contribution >= 4 is 50.6 Å². The number of aromatic nitrogens is 1. The molecule has 0 saturated carbocycles. The van der Waals surface area contributed by atoms with Crippen LogP contribution in [0.25, 0.3) is 10.6 Å². The molecule has 20 heavy (non-hydrogen) atoms. The van der Waals surface area contributed by atoms with E-state index in [0.717, 1.165) is 27.7 Å². The van der Waals surface area contributed by atoms with Gasteiger partial charge < -0.3 is 11.1 Å². The van der Waals surface area contributed by atoms with Gasteiger partial charge in [0.1, 0.15) is 0 Å². The van der Waals surface area contributed by atoms with Gasteiger partial charge in [0.15, 0.2) is 10.3 Å². The van der Waals surface area contributed by atoms with Gasteiger partial charge in [-0.3, -0.25) is 9.79 Å². The van der Waals surface area contributed by atoms with E-state index in [-0.39, 0.29) is 12.3 Å². The third-order valence-corrected chi connectivity index (χ3v) is 5.27. The summed E-state index contributed by atoms with van der Waals surface area (Å²) in [6.07, 6.45) is 0.279. The van der Waals surface area contributed by atoms with E-state index in [1.54, 1.807) is 23.1 Å². The molecule has 0 aromatic carbocycles. The Morgan fingerprint density at radius 1 is 1.50 bits per heavy atom. The molecule has 104 valence electrons. The molecule has 3 N–H and O–H groups in total. The van der Waals surface area contributed by atoms with E-state index in [0.29, 0.717) is 10.3 Å². The zero-order valence-corrected chi connectivity index (χ0v) is 12.9. The summed E-state index contributed by atoms with van der Waals surface area (Å²) in [6, 6.07) is 3.95. The van der Waals surface area contributed by atoms with Crippen molar-refractivity contribution in [2.75, 3.05) is 18.0 Å². The maximum absolute atomic E-state index is 12.0. The van der Waals surface area contributed by atoms with Crippen molar-refractivity contribution in [2.24, 2.45) is 4.99 Å². The normalized spacial score (nSPS) is 14.3. The van der Waals surface area contributed by atoms with Crippen LogP contribution < -0.4 is 11.1 Å². The molecule has 0 spiro atoms. The summed E-state index contributed by atoms with van der Waals surface area (Å²) in [6.45, 7) is 0.772. The van der Waals surface area contributed by atoms with Crippen LogP contribution in [-0.4, -0.2) is 28.4 Å². The first-order chi connectivity index (χ1) is 9.72. The van der Waals surface area contributed by atoms with Crippen LogP contribution in [0, 0.1) is 0 Å². The second kappa shape index (κ2) is 5.94. The first-order valence-electron chi connectivity index (χ1n) is 5.98. The fourth-order valence-corrected chi connectivity index (χ4v) is 4.21. The molecule has 2 aromatic rings. The van der Waals surface area contributed by atoms with E-state index in [2.05, 4.69) is 15.3 Å². The maximum Gasteiger partial charge on any atom is 0.231 e. The topological polar surface area (TPSA) is 80.4 Å². The fraction of sp³-hybridized carbons (Fsp3) is 0.250. The predicted octanol–water partition coefficient (Wildman–Crippen LogP) is 2.22. The minimum absolute atomic E-state index is 0.0698. The van der Waals surface area contributed by atoms with Gasteiger partial charge in [-0.1, -0.05) is 17.8 Å². The van der Waals surface area contributed by atoms with Gasteiger partial charge in [-0.2, -0.15) is 0 Å². The zero-order chi connectivity index (χ0) is 13.9. The van der Waals surface area contributed by atoms with Gasteiger partial charge in [0, 0.05) is 10.6 Å². The van der Waals surface area contributed by atoms with Crippen molar-refractivity contribution in [1.82, 2.24) is 10.3 Å². The Morgan fingerprint density at radius 2 is 2.40 bits per heavy atom. The van der Waals surface area contributed by atoms with Crippen LogP contribution >= 0.6 is 34.4 Å². The Balaban J connectivity index is 1.75. The largest absolute Gasteiger partial charge is 0.375 e. The van der Waals surface area contributed by atoms with Gasteiger partial charge in [0.25, 0.3) is 0 Å². The average molecular weight is 324 g/mol. The molecule has 3 heterocycles. The number of thiophene rings is 1. The number of hydrogen-bond donors (Lipinski definition) is 2. The Hall–Kier alpha value is -1.38. The number of amidine groups is 1. The fourth-order valence-electron chi connectivity index (χ4n) is 1.82. The minimum atomic E-state index is -0.0698. The molecule has 1 amide bonds. The van der Waals surface area contributed by atoms with E-state index in [1.165, 1.54) is 11.3 Å². The van der Waals surface area contributed by atoms with E-state index in [1.807, 2.05) is 17.5 Å². The third-order valence-electron chi connectivity index (χ3n) is 2.62. The van der Waals surface area contributed by atoms with Gasteiger partial charge in [-0.05, 0) is 11.4 Å². The number of hydrogen-bond acceptors (Lipinski definition) is 7. The Labute approximate surface area is 128 Å². The summed E-state index contributed by atoms with van der Waals surface area (Å²) in [5, 5.41) is 6.01. The Kier molecular flexibility index (Phi) is 4.04. The highest BCUT2D eigenvalue weighted by Crippen LogP contribution is 2.32. The molecule has 0 bridgehead atoms. The molecule has 3 rings (SSSR count). The van der Waals surface area contributed by atoms with E-state index in [9.17, 15) is 4.79 Å². The standard InChI is InChI=1S/C12H12N4OS3/c13-11-16-10(7-2-1-4-18-7)8(20-11)6-9(17)15-12-14-3-5-19-12/h1-2,4H,3,5-6H2,(H2,13,16)(H,14,15,17). The SMILES string of the molecule is Nc1nc(-c2cccs2)c(CC(=O)NC2=NCCS2)s1. The van der Waals surface area contributed by atoms with Gasteiger partial charge in [-0.25, -0.2) is 4.98 Å². The molecule has 5 nitrogen and oxygen atoms in total. The molecule has 1 aliphatic heterocycles. The smallest absolute Gasteiger partial charge is 0.231 e. The van der Waals surface area contributed by atoms with Crippen molar-refractivity contribution in [3.05, 3.63) is 22.4 Å². The van der Waals surface area contributed by atoms with Crippen molar-refractivity contribution in [2.45, 2.75) is 6.42 Å². The number of anilines is 1. The molecule has 8 heteroatoms. The summed E-state index contributed by atoms with van der Waals surface area (Å²) in [7, 11) is 0. The lowest BCUT2D eigenvalue weighted by molar-refractivity contribution is -0.118. The van der Waals surface area contributed by atoms with Crippen molar-refractivity contribution < 1.29 is 4.79 Å². The van der Waals surface area contributed by atoms with Crippen LogP contribution in [0.2, 0.25) is 0 Å². The molecule has 0 fully saturated rings.